The monoisotopic (exact) mass is 359 g/mol. The van der Waals surface area contributed by atoms with E-state index in [0.29, 0.717) is 15.9 Å². The molecule has 24 heavy (non-hydrogen) atoms. The lowest BCUT2D eigenvalue weighted by Gasteiger charge is -2.06. The molecule has 0 spiro atoms. The van der Waals surface area contributed by atoms with Gasteiger partial charge < -0.3 is 9.88 Å². The molecule has 6 nitrogen and oxygen atoms in total. The van der Waals surface area contributed by atoms with E-state index in [-0.39, 0.29) is 11.7 Å². The number of nitrogens with one attached hydrogen (secondary N) is 1. The molecule has 0 bridgehead atoms. The number of hydrogen-bond donors (Lipinski definition) is 1. The smallest absolute Gasteiger partial charge is 0.234 e. The zero-order valence-electron chi connectivity index (χ0n) is 12.8. The minimum atomic E-state index is -0.129. The van der Waals surface area contributed by atoms with Crippen LogP contribution in [0.25, 0.3) is 11.4 Å². The number of benzene rings is 1. The van der Waals surface area contributed by atoms with Crippen molar-refractivity contribution in [2.45, 2.75) is 5.16 Å². The molecule has 0 saturated heterocycles. The highest BCUT2D eigenvalue weighted by atomic mass is 35.5. The average molecular weight is 360 g/mol. The summed E-state index contributed by atoms with van der Waals surface area (Å²) >= 11 is 7.22. The fourth-order valence-corrected chi connectivity index (χ4v) is 2.99. The second kappa shape index (κ2) is 7.46. The molecule has 2 aromatic heterocycles. The van der Waals surface area contributed by atoms with E-state index in [0.717, 1.165) is 11.4 Å². The van der Waals surface area contributed by atoms with Crippen molar-refractivity contribution in [3.8, 4) is 11.4 Å². The first-order chi connectivity index (χ1) is 11.6. The maximum atomic E-state index is 12.0. The van der Waals surface area contributed by atoms with Crippen molar-refractivity contribution in [1.82, 2.24) is 19.7 Å². The molecule has 0 aliphatic heterocycles. The van der Waals surface area contributed by atoms with Gasteiger partial charge in [-0.15, -0.1) is 10.2 Å². The average Bonchev–Trinajstić information content (AvgIpc) is 2.94. The van der Waals surface area contributed by atoms with Crippen LogP contribution in [0.3, 0.4) is 0 Å². The van der Waals surface area contributed by atoms with E-state index in [1.807, 2.05) is 23.7 Å². The summed E-state index contributed by atoms with van der Waals surface area (Å²) in [6, 6.07) is 10.8. The fraction of sp³-hybridized carbons (Fsp3) is 0.125. The van der Waals surface area contributed by atoms with Crippen molar-refractivity contribution in [3.05, 3.63) is 53.8 Å². The molecule has 2 heterocycles. The third kappa shape index (κ3) is 3.93. The molecule has 8 heteroatoms. The maximum Gasteiger partial charge on any atom is 0.234 e. The molecule has 0 atom stereocenters. The molecule has 0 radical (unpaired) electrons. The summed E-state index contributed by atoms with van der Waals surface area (Å²) in [5.41, 5.74) is 1.60. The highest BCUT2D eigenvalue weighted by Gasteiger charge is 2.13. The van der Waals surface area contributed by atoms with Gasteiger partial charge in [0.25, 0.3) is 0 Å². The lowest BCUT2D eigenvalue weighted by molar-refractivity contribution is -0.113. The van der Waals surface area contributed by atoms with Gasteiger partial charge in [-0.05, 0) is 30.3 Å². The maximum absolute atomic E-state index is 12.0. The Morgan fingerprint density at radius 3 is 2.79 bits per heavy atom. The van der Waals surface area contributed by atoms with Gasteiger partial charge in [-0.25, -0.2) is 0 Å². The Hall–Kier alpha value is -2.38. The minimum absolute atomic E-state index is 0.129. The number of amides is 1. The van der Waals surface area contributed by atoms with Crippen LogP contribution in [0.4, 0.5) is 5.69 Å². The van der Waals surface area contributed by atoms with Crippen LogP contribution < -0.4 is 5.32 Å². The summed E-state index contributed by atoms with van der Waals surface area (Å²) in [4.78, 5) is 16.0. The first kappa shape index (κ1) is 16.5. The van der Waals surface area contributed by atoms with Crippen molar-refractivity contribution >= 4 is 35.0 Å². The first-order valence-corrected chi connectivity index (χ1v) is 8.48. The number of thioether (sulfide) groups is 1. The van der Waals surface area contributed by atoms with Crippen molar-refractivity contribution in [1.29, 1.82) is 0 Å². The lowest BCUT2D eigenvalue weighted by Crippen LogP contribution is -2.14. The van der Waals surface area contributed by atoms with Crippen LogP contribution in [0.1, 0.15) is 0 Å². The van der Waals surface area contributed by atoms with Crippen LogP contribution in [-0.2, 0) is 11.8 Å². The number of aromatic nitrogens is 4. The van der Waals surface area contributed by atoms with Gasteiger partial charge >= 0.3 is 0 Å². The molecule has 1 amide bonds. The van der Waals surface area contributed by atoms with E-state index < -0.39 is 0 Å². The molecule has 0 saturated carbocycles. The number of carbonyl (C=O) groups is 1. The second-order valence-corrected chi connectivity index (χ2v) is 6.33. The summed E-state index contributed by atoms with van der Waals surface area (Å²) in [5, 5.41) is 12.4. The Morgan fingerprint density at radius 1 is 1.25 bits per heavy atom. The van der Waals surface area contributed by atoms with Gasteiger partial charge in [0.1, 0.15) is 0 Å². The predicted octanol–water partition coefficient (Wildman–Crippen LogP) is 3.26. The summed E-state index contributed by atoms with van der Waals surface area (Å²) in [5.74, 6) is 0.834. The first-order valence-electron chi connectivity index (χ1n) is 7.11. The number of carbonyl (C=O) groups excluding carboxylic acids is 1. The molecule has 0 aliphatic carbocycles. The quantitative estimate of drug-likeness (QED) is 0.708. The molecule has 1 aromatic carbocycles. The van der Waals surface area contributed by atoms with Gasteiger partial charge in [0.2, 0.25) is 5.91 Å². The van der Waals surface area contributed by atoms with Crippen molar-refractivity contribution in [2.75, 3.05) is 11.1 Å². The summed E-state index contributed by atoms with van der Waals surface area (Å²) in [7, 11) is 1.87. The molecule has 1 N–H and O–H groups in total. The van der Waals surface area contributed by atoms with Gasteiger partial charge in [0.15, 0.2) is 11.0 Å². The van der Waals surface area contributed by atoms with Crippen molar-refractivity contribution in [2.24, 2.45) is 7.05 Å². The zero-order chi connectivity index (χ0) is 16.9. The number of rotatable bonds is 5. The number of anilines is 1. The molecule has 122 valence electrons. The standard InChI is InChI=1S/C16H14ClN5OS/c1-22-15(11-5-7-18-8-6-11)20-21-16(22)24-10-14(23)19-13-4-2-3-12(17)9-13/h2-9H,10H2,1H3,(H,19,23). The molecule has 0 aliphatic rings. The van der Waals surface area contributed by atoms with Crippen LogP contribution >= 0.6 is 23.4 Å². The lowest BCUT2D eigenvalue weighted by atomic mass is 10.2. The van der Waals surface area contributed by atoms with E-state index in [1.165, 1.54) is 11.8 Å². The Bertz CT molecular complexity index is 853. The number of nitrogens with zero attached hydrogens (tertiary/aromatic N) is 4. The Morgan fingerprint density at radius 2 is 2.04 bits per heavy atom. The van der Waals surface area contributed by atoms with Gasteiger partial charge in [-0.1, -0.05) is 29.4 Å². The Balaban J connectivity index is 1.63. The molecule has 0 fully saturated rings. The van der Waals surface area contributed by atoms with E-state index in [2.05, 4.69) is 20.5 Å². The topological polar surface area (TPSA) is 72.7 Å². The highest BCUT2D eigenvalue weighted by Crippen LogP contribution is 2.22. The summed E-state index contributed by atoms with van der Waals surface area (Å²) < 4.78 is 1.85. The largest absolute Gasteiger partial charge is 0.325 e. The van der Waals surface area contributed by atoms with Crippen LogP contribution in [0, 0.1) is 0 Å². The zero-order valence-corrected chi connectivity index (χ0v) is 14.4. The third-order valence-corrected chi connectivity index (χ3v) is 4.47. The SMILES string of the molecule is Cn1c(SCC(=O)Nc2cccc(Cl)c2)nnc1-c1ccncc1. The van der Waals surface area contributed by atoms with Gasteiger partial charge in [0.05, 0.1) is 5.75 Å². The van der Waals surface area contributed by atoms with Crippen molar-refractivity contribution < 1.29 is 4.79 Å². The van der Waals surface area contributed by atoms with Crippen LogP contribution in [0.2, 0.25) is 5.02 Å². The predicted molar refractivity (Wildman–Crippen MR) is 95.0 cm³/mol. The Kier molecular flexibility index (Phi) is 5.12. The summed E-state index contributed by atoms with van der Waals surface area (Å²) in [6.45, 7) is 0. The van der Waals surface area contributed by atoms with Gasteiger partial charge in [0, 0.05) is 35.7 Å². The fourth-order valence-electron chi connectivity index (χ4n) is 2.09. The minimum Gasteiger partial charge on any atom is -0.325 e. The normalized spacial score (nSPS) is 10.6. The van der Waals surface area contributed by atoms with Crippen LogP contribution in [0.5, 0.6) is 0 Å². The van der Waals surface area contributed by atoms with Crippen LogP contribution in [0.15, 0.2) is 53.9 Å². The highest BCUT2D eigenvalue weighted by molar-refractivity contribution is 7.99. The second-order valence-electron chi connectivity index (χ2n) is 4.95. The molecule has 3 aromatic rings. The Labute approximate surface area is 148 Å². The van der Waals surface area contributed by atoms with E-state index in [4.69, 9.17) is 11.6 Å². The van der Waals surface area contributed by atoms with E-state index in [1.54, 1.807) is 36.7 Å². The van der Waals surface area contributed by atoms with Crippen molar-refractivity contribution in [3.63, 3.8) is 0 Å². The molecule has 3 rings (SSSR count). The van der Waals surface area contributed by atoms with E-state index in [9.17, 15) is 4.79 Å². The number of halogens is 1. The number of hydrogen-bond acceptors (Lipinski definition) is 5. The van der Waals surface area contributed by atoms with E-state index >= 15 is 0 Å². The van der Waals surface area contributed by atoms with Gasteiger partial charge in [-0.3, -0.25) is 9.78 Å². The summed E-state index contributed by atoms with van der Waals surface area (Å²) in [6.07, 6.45) is 3.41. The third-order valence-electron chi connectivity index (χ3n) is 3.21. The molecular weight excluding hydrogens is 346 g/mol. The number of pyridine rings is 1. The van der Waals surface area contributed by atoms with Crippen LogP contribution in [-0.4, -0.2) is 31.4 Å². The molecular formula is C16H14ClN5OS. The molecule has 0 unspecified atom stereocenters. The van der Waals surface area contributed by atoms with Gasteiger partial charge in [-0.2, -0.15) is 0 Å².